The van der Waals surface area contributed by atoms with Crippen molar-refractivity contribution in [2.75, 3.05) is 23.3 Å². The molecule has 3 rings (SSSR count). The molecule has 2 aromatic carbocycles. The van der Waals surface area contributed by atoms with Gasteiger partial charge in [0.1, 0.15) is 0 Å². The third-order valence-electron chi connectivity index (χ3n) is 4.31. The molecular weight excluding hydrogens is 272 g/mol. The number of fused-ring (bicyclic) bond motifs is 1. The van der Waals surface area contributed by atoms with Gasteiger partial charge < -0.3 is 10.2 Å². The van der Waals surface area contributed by atoms with Gasteiger partial charge in [-0.2, -0.15) is 0 Å². The van der Waals surface area contributed by atoms with Crippen LogP contribution in [0.1, 0.15) is 23.1 Å². The maximum atomic E-state index is 12.5. The van der Waals surface area contributed by atoms with Gasteiger partial charge in [-0.1, -0.05) is 36.4 Å². The molecule has 0 aromatic heterocycles. The highest BCUT2D eigenvalue weighted by molar-refractivity contribution is 5.95. The molecule has 0 saturated carbocycles. The van der Waals surface area contributed by atoms with Crippen LogP contribution in [-0.4, -0.2) is 19.0 Å². The Bertz CT molecular complexity index is 673. The predicted molar refractivity (Wildman–Crippen MR) is 91.5 cm³/mol. The summed E-state index contributed by atoms with van der Waals surface area (Å²) in [5.74, 6) is 0.198. The lowest BCUT2D eigenvalue weighted by Gasteiger charge is -2.18. The number of rotatable bonds is 4. The minimum atomic E-state index is 0.198. The molecule has 0 fully saturated rings. The van der Waals surface area contributed by atoms with E-state index in [2.05, 4.69) is 43.4 Å². The Morgan fingerprint density at radius 1 is 1.09 bits per heavy atom. The van der Waals surface area contributed by atoms with E-state index in [0.29, 0.717) is 13.0 Å². The van der Waals surface area contributed by atoms with Gasteiger partial charge in [0.25, 0.3) is 0 Å². The van der Waals surface area contributed by atoms with E-state index in [-0.39, 0.29) is 5.91 Å². The third-order valence-corrected chi connectivity index (χ3v) is 4.31. The van der Waals surface area contributed by atoms with Crippen LogP contribution in [0.5, 0.6) is 0 Å². The van der Waals surface area contributed by atoms with Gasteiger partial charge in [0.05, 0.1) is 0 Å². The highest BCUT2D eigenvalue weighted by Gasteiger charge is 2.23. The van der Waals surface area contributed by atoms with E-state index in [0.717, 1.165) is 24.3 Å². The molecule has 0 atom stereocenters. The Morgan fingerprint density at radius 3 is 2.59 bits per heavy atom. The van der Waals surface area contributed by atoms with Gasteiger partial charge in [-0.3, -0.25) is 4.79 Å². The van der Waals surface area contributed by atoms with E-state index in [1.165, 1.54) is 16.7 Å². The number of para-hydroxylation sites is 2. The van der Waals surface area contributed by atoms with Crippen LogP contribution in [0.2, 0.25) is 0 Å². The summed E-state index contributed by atoms with van der Waals surface area (Å²) in [7, 11) is 0. The second-order valence-electron chi connectivity index (χ2n) is 5.87. The number of amides is 1. The number of benzene rings is 2. The second kappa shape index (κ2) is 6.22. The zero-order valence-electron chi connectivity index (χ0n) is 13.2. The molecule has 114 valence electrons. The summed E-state index contributed by atoms with van der Waals surface area (Å²) < 4.78 is 0. The van der Waals surface area contributed by atoms with Crippen LogP contribution in [0, 0.1) is 13.8 Å². The first-order valence-corrected chi connectivity index (χ1v) is 7.85. The van der Waals surface area contributed by atoms with Crippen LogP contribution >= 0.6 is 0 Å². The number of carbonyl (C=O) groups is 1. The SMILES string of the molecule is Cc1cccc(C)c1NCCC(=O)N1CCc2ccccc21. The fourth-order valence-corrected chi connectivity index (χ4v) is 3.12. The molecule has 0 aliphatic carbocycles. The Balaban J connectivity index is 1.60. The standard InChI is InChI=1S/C19H22N2O/c1-14-6-5-7-15(2)19(14)20-12-10-18(22)21-13-11-16-8-3-4-9-17(16)21/h3-9,20H,10-13H2,1-2H3. The third kappa shape index (κ3) is 2.84. The molecule has 0 unspecified atom stereocenters. The van der Waals surface area contributed by atoms with Gasteiger partial charge in [0, 0.05) is 30.9 Å². The molecule has 3 nitrogen and oxygen atoms in total. The van der Waals surface area contributed by atoms with Crippen molar-refractivity contribution in [1.82, 2.24) is 0 Å². The van der Waals surface area contributed by atoms with E-state index < -0.39 is 0 Å². The molecule has 0 spiro atoms. The van der Waals surface area contributed by atoms with Gasteiger partial charge in [0.15, 0.2) is 0 Å². The number of aryl methyl sites for hydroxylation is 2. The van der Waals surface area contributed by atoms with E-state index in [4.69, 9.17) is 0 Å². The number of nitrogens with zero attached hydrogens (tertiary/aromatic N) is 1. The summed E-state index contributed by atoms with van der Waals surface area (Å²) in [6.45, 7) is 5.66. The number of anilines is 2. The van der Waals surface area contributed by atoms with Crippen molar-refractivity contribution in [3.63, 3.8) is 0 Å². The van der Waals surface area contributed by atoms with Gasteiger partial charge >= 0.3 is 0 Å². The molecule has 0 bridgehead atoms. The summed E-state index contributed by atoms with van der Waals surface area (Å²) >= 11 is 0. The summed E-state index contributed by atoms with van der Waals surface area (Å²) in [6, 6.07) is 14.4. The number of carbonyl (C=O) groups excluding carboxylic acids is 1. The topological polar surface area (TPSA) is 32.3 Å². The predicted octanol–water partition coefficient (Wildman–Crippen LogP) is 3.69. The lowest BCUT2D eigenvalue weighted by Crippen LogP contribution is -2.30. The monoisotopic (exact) mass is 294 g/mol. The molecule has 1 amide bonds. The largest absolute Gasteiger partial charge is 0.384 e. The van der Waals surface area contributed by atoms with Crippen LogP contribution in [0.3, 0.4) is 0 Å². The summed E-state index contributed by atoms with van der Waals surface area (Å²) in [6.07, 6.45) is 1.48. The summed E-state index contributed by atoms with van der Waals surface area (Å²) in [5.41, 5.74) is 5.95. The molecule has 0 radical (unpaired) electrons. The average Bonchev–Trinajstić information content (AvgIpc) is 2.94. The van der Waals surface area contributed by atoms with Crippen molar-refractivity contribution in [3.8, 4) is 0 Å². The fraction of sp³-hybridized carbons (Fsp3) is 0.316. The number of nitrogens with one attached hydrogen (secondary N) is 1. The molecule has 1 aliphatic heterocycles. The summed E-state index contributed by atoms with van der Waals surface area (Å²) in [4.78, 5) is 14.4. The van der Waals surface area contributed by atoms with E-state index in [1.54, 1.807) is 0 Å². The number of hydrogen-bond acceptors (Lipinski definition) is 2. The Morgan fingerprint density at radius 2 is 1.82 bits per heavy atom. The second-order valence-corrected chi connectivity index (χ2v) is 5.87. The van der Waals surface area contributed by atoms with Crippen LogP contribution in [0.15, 0.2) is 42.5 Å². The number of hydrogen-bond donors (Lipinski definition) is 1. The Kier molecular flexibility index (Phi) is 4.14. The normalized spacial score (nSPS) is 13.1. The van der Waals surface area contributed by atoms with Gasteiger partial charge in [-0.05, 0) is 43.0 Å². The Hall–Kier alpha value is -2.29. The van der Waals surface area contributed by atoms with Crippen LogP contribution < -0.4 is 10.2 Å². The first-order chi connectivity index (χ1) is 10.7. The van der Waals surface area contributed by atoms with Crippen molar-refractivity contribution < 1.29 is 4.79 Å². The molecule has 0 saturated heterocycles. The zero-order valence-corrected chi connectivity index (χ0v) is 13.2. The van der Waals surface area contributed by atoms with Crippen LogP contribution in [0.25, 0.3) is 0 Å². The van der Waals surface area contributed by atoms with Gasteiger partial charge in [0.2, 0.25) is 5.91 Å². The first kappa shape index (κ1) is 14.6. The molecule has 2 aromatic rings. The van der Waals surface area contributed by atoms with Crippen molar-refractivity contribution in [2.24, 2.45) is 0 Å². The van der Waals surface area contributed by atoms with Crippen molar-refractivity contribution in [2.45, 2.75) is 26.7 Å². The Labute approximate surface area is 132 Å². The molecule has 1 heterocycles. The first-order valence-electron chi connectivity index (χ1n) is 7.85. The van der Waals surface area contributed by atoms with Gasteiger partial charge in [-0.25, -0.2) is 0 Å². The average molecular weight is 294 g/mol. The van der Waals surface area contributed by atoms with Crippen molar-refractivity contribution in [3.05, 3.63) is 59.2 Å². The maximum absolute atomic E-state index is 12.5. The highest BCUT2D eigenvalue weighted by Crippen LogP contribution is 2.28. The molecule has 3 heteroatoms. The van der Waals surface area contributed by atoms with Crippen molar-refractivity contribution >= 4 is 17.3 Å². The quantitative estimate of drug-likeness (QED) is 0.932. The van der Waals surface area contributed by atoms with E-state index in [1.807, 2.05) is 23.1 Å². The highest BCUT2D eigenvalue weighted by atomic mass is 16.2. The van der Waals surface area contributed by atoms with Gasteiger partial charge in [-0.15, -0.1) is 0 Å². The molecule has 1 aliphatic rings. The smallest absolute Gasteiger partial charge is 0.228 e. The van der Waals surface area contributed by atoms with Crippen LogP contribution in [-0.2, 0) is 11.2 Å². The fourth-order valence-electron chi connectivity index (χ4n) is 3.12. The minimum Gasteiger partial charge on any atom is -0.384 e. The lowest BCUT2D eigenvalue weighted by atomic mass is 10.1. The zero-order chi connectivity index (χ0) is 15.5. The van der Waals surface area contributed by atoms with E-state index in [9.17, 15) is 4.79 Å². The molecule has 1 N–H and O–H groups in total. The maximum Gasteiger partial charge on any atom is 0.228 e. The van der Waals surface area contributed by atoms with Crippen LogP contribution in [0.4, 0.5) is 11.4 Å². The lowest BCUT2D eigenvalue weighted by molar-refractivity contribution is -0.118. The van der Waals surface area contributed by atoms with Crippen molar-refractivity contribution in [1.29, 1.82) is 0 Å². The summed E-state index contributed by atoms with van der Waals surface area (Å²) in [5, 5.41) is 3.41. The molecule has 22 heavy (non-hydrogen) atoms. The van der Waals surface area contributed by atoms with E-state index >= 15 is 0 Å². The molecular formula is C19H22N2O. The minimum absolute atomic E-state index is 0.198.